The highest BCUT2D eigenvalue weighted by atomic mass is 16.4. The van der Waals surface area contributed by atoms with Gasteiger partial charge in [-0.3, -0.25) is 14.4 Å². The molecule has 0 saturated carbocycles. The standard InChI is InChI=1S/C21H44BN7O5/c23-7-10-25-14-17(15-26-11-8-24)13-20(31)27-9-3-1-2-6-19(30)28-16-21(32)29-12-4-5-18(29)22(33)34/h17-18,25-26,33-34H,1-16,23-24H2,(H,27,31)(H,28,30)/t18-/m0/s1. The molecule has 1 fully saturated rings. The van der Waals surface area contributed by atoms with Crippen molar-refractivity contribution >= 4 is 24.8 Å². The normalized spacial score (nSPS) is 15.6. The van der Waals surface area contributed by atoms with E-state index >= 15 is 0 Å². The molecule has 1 aliphatic heterocycles. The van der Waals surface area contributed by atoms with Crippen molar-refractivity contribution in [3.63, 3.8) is 0 Å². The van der Waals surface area contributed by atoms with Crippen molar-refractivity contribution in [1.29, 1.82) is 0 Å². The molecule has 0 spiro atoms. The van der Waals surface area contributed by atoms with Crippen LogP contribution in [0.4, 0.5) is 0 Å². The van der Waals surface area contributed by atoms with Crippen LogP contribution in [0.3, 0.4) is 0 Å². The van der Waals surface area contributed by atoms with Gasteiger partial charge in [0.1, 0.15) is 0 Å². The van der Waals surface area contributed by atoms with E-state index in [4.69, 9.17) is 11.5 Å². The van der Waals surface area contributed by atoms with Crippen LogP contribution >= 0.6 is 0 Å². The van der Waals surface area contributed by atoms with Gasteiger partial charge in [-0.1, -0.05) is 6.42 Å². The Bertz CT molecular complexity index is 590. The predicted molar refractivity (Wildman–Crippen MR) is 131 cm³/mol. The molecule has 1 saturated heterocycles. The second-order valence-electron chi connectivity index (χ2n) is 8.70. The monoisotopic (exact) mass is 485 g/mol. The number of carbonyl (C=O) groups is 3. The highest BCUT2D eigenvalue weighted by molar-refractivity contribution is 6.43. The van der Waals surface area contributed by atoms with E-state index in [1.165, 1.54) is 4.90 Å². The van der Waals surface area contributed by atoms with E-state index in [0.29, 0.717) is 78.0 Å². The molecular weight excluding hydrogens is 441 g/mol. The minimum absolute atomic E-state index is 0.00133. The molecule has 0 bridgehead atoms. The lowest BCUT2D eigenvalue weighted by Gasteiger charge is -2.24. The number of likely N-dealkylation sites (tertiary alicyclic amines) is 1. The fourth-order valence-electron chi connectivity index (χ4n) is 3.96. The van der Waals surface area contributed by atoms with E-state index in [1.807, 2.05) is 0 Å². The van der Waals surface area contributed by atoms with Crippen LogP contribution in [0.1, 0.15) is 44.9 Å². The van der Waals surface area contributed by atoms with Gasteiger partial charge >= 0.3 is 7.12 Å². The fourth-order valence-corrected chi connectivity index (χ4v) is 3.96. The Morgan fingerprint density at radius 3 is 2.24 bits per heavy atom. The van der Waals surface area contributed by atoms with Gasteiger partial charge in [-0.25, -0.2) is 0 Å². The zero-order chi connectivity index (χ0) is 25.2. The van der Waals surface area contributed by atoms with Gasteiger partial charge < -0.3 is 47.7 Å². The minimum atomic E-state index is -1.56. The number of hydrogen-bond acceptors (Lipinski definition) is 9. The van der Waals surface area contributed by atoms with E-state index in [9.17, 15) is 24.4 Å². The number of carbonyl (C=O) groups excluding carboxylic acids is 3. The molecule has 0 radical (unpaired) electrons. The van der Waals surface area contributed by atoms with Crippen molar-refractivity contribution < 1.29 is 24.4 Å². The second kappa shape index (κ2) is 18.5. The summed E-state index contributed by atoms with van der Waals surface area (Å²) >= 11 is 0. The minimum Gasteiger partial charge on any atom is -0.426 e. The van der Waals surface area contributed by atoms with Gasteiger partial charge in [-0.2, -0.15) is 0 Å². The van der Waals surface area contributed by atoms with E-state index in [1.54, 1.807) is 0 Å². The highest BCUT2D eigenvalue weighted by Gasteiger charge is 2.36. The van der Waals surface area contributed by atoms with Gasteiger partial charge in [-0.15, -0.1) is 0 Å². The molecule has 0 aliphatic carbocycles. The molecule has 1 aliphatic rings. The maximum Gasteiger partial charge on any atom is 0.475 e. The first-order valence-electron chi connectivity index (χ1n) is 12.4. The molecule has 10 N–H and O–H groups in total. The number of hydrogen-bond donors (Lipinski definition) is 8. The SMILES string of the molecule is NCCNCC(CNCCN)CC(=O)NCCCCCC(=O)NCC(=O)N1CCC[C@H]1B(O)O. The van der Waals surface area contributed by atoms with Crippen LogP contribution < -0.4 is 32.7 Å². The van der Waals surface area contributed by atoms with Crippen LogP contribution in [0.25, 0.3) is 0 Å². The summed E-state index contributed by atoms with van der Waals surface area (Å²) in [5.41, 5.74) is 11.0. The Labute approximate surface area is 203 Å². The molecule has 1 heterocycles. The van der Waals surface area contributed by atoms with Crippen LogP contribution in [0.5, 0.6) is 0 Å². The summed E-state index contributed by atoms with van der Waals surface area (Å²) in [6.07, 6.45) is 4.19. The maximum atomic E-state index is 12.2. The van der Waals surface area contributed by atoms with E-state index in [0.717, 1.165) is 19.3 Å². The molecule has 0 unspecified atom stereocenters. The molecular formula is C21H44BN7O5. The summed E-state index contributed by atoms with van der Waals surface area (Å²) in [5, 5.41) is 30.7. The molecule has 196 valence electrons. The lowest BCUT2D eigenvalue weighted by Crippen LogP contribution is -2.48. The lowest BCUT2D eigenvalue weighted by molar-refractivity contribution is -0.132. The summed E-state index contributed by atoms with van der Waals surface area (Å²) in [6.45, 7) is 4.82. The number of nitrogens with two attached hydrogens (primary N) is 2. The van der Waals surface area contributed by atoms with Gasteiger partial charge in [0.2, 0.25) is 17.7 Å². The van der Waals surface area contributed by atoms with Crippen molar-refractivity contribution in [2.75, 3.05) is 58.9 Å². The summed E-state index contributed by atoms with van der Waals surface area (Å²) in [4.78, 5) is 37.8. The van der Waals surface area contributed by atoms with Crippen LogP contribution in [0.2, 0.25) is 0 Å². The van der Waals surface area contributed by atoms with Gasteiger partial charge in [0.25, 0.3) is 0 Å². The first-order chi connectivity index (χ1) is 16.4. The fraction of sp³-hybridized carbons (Fsp3) is 0.857. The van der Waals surface area contributed by atoms with Crippen LogP contribution in [-0.2, 0) is 14.4 Å². The van der Waals surface area contributed by atoms with E-state index in [2.05, 4.69) is 21.3 Å². The first-order valence-corrected chi connectivity index (χ1v) is 12.4. The zero-order valence-corrected chi connectivity index (χ0v) is 20.3. The molecule has 3 amide bonds. The van der Waals surface area contributed by atoms with E-state index in [-0.39, 0.29) is 30.2 Å². The molecule has 0 aromatic carbocycles. The van der Waals surface area contributed by atoms with Gasteiger partial charge in [0.05, 0.1) is 12.5 Å². The van der Waals surface area contributed by atoms with Crippen molar-refractivity contribution in [2.45, 2.75) is 50.9 Å². The second-order valence-corrected chi connectivity index (χ2v) is 8.70. The molecule has 1 rings (SSSR count). The van der Waals surface area contributed by atoms with Gasteiger partial charge in [0, 0.05) is 52.1 Å². The van der Waals surface area contributed by atoms with Crippen LogP contribution in [0, 0.1) is 5.92 Å². The van der Waals surface area contributed by atoms with Crippen molar-refractivity contribution in [3.05, 3.63) is 0 Å². The number of amides is 3. The largest absolute Gasteiger partial charge is 0.475 e. The summed E-state index contributed by atoms with van der Waals surface area (Å²) < 4.78 is 0. The third kappa shape index (κ3) is 13.2. The average molecular weight is 485 g/mol. The summed E-state index contributed by atoms with van der Waals surface area (Å²) in [6, 6.07) is 0. The molecule has 34 heavy (non-hydrogen) atoms. The first kappa shape index (κ1) is 30.3. The number of unbranched alkanes of at least 4 members (excludes halogenated alkanes) is 2. The number of nitrogens with one attached hydrogen (secondary N) is 4. The molecule has 0 aromatic heterocycles. The van der Waals surface area contributed by atoms with Crippen molar-refractivity contribution in [1.82, 2.24) is 26.2 Å². The van der Waals surface area contributed by atoms with Gasteiger partial charge in [0.15, 0.2) is 0 Å². The Hall–Kier alpha value is -1.77. The third-order valence-corrected chi connectivity index (χ3v) is 5.79. The zero-order valence-electron chi connectivity index (χ0n) is 20.3. The van der Waals surface area contributed by atoms with Crippen LogP contribution in [-0.4, -0.2) is 105 Å². The molecule has 0 aromatic rings. The average Bonchev–Trinajstić information content (AvgIpc) is 3.30. The van der Waals surface area contributed by atoms with Crippen molar-refractivity contribution in [2.24, 2.45) is 17.4 Å². The number of nitrogens with zero attached hydrogens (tertiary/aromatic N) is 1. The lowest BCUT2D eigenvalue weighted by atomic mass is 9.78. The number of rotatable bonds is 19. The summed E-state index contributed by atoms with van der Waals surface area (Å²) in [7, 11) is -1.56. The molecule has 13 heteroatoms. The van der Waals surface area contributed by atoms with Crippen LogP contribution in [0.15, 0.2) is 0 Å². The van der Waals surface area contributed by atoms with Gasteiger partial charge in [-0.05, 0) is 44.7 Å². The van der Waals surface area contributed by atoms with Crippen molar-refractivity contribution in [3.8, 4) is 0 Å². The molecule has 1 atom stereocenters. The Morgan fingerprint density at radius 2 is 1.62 bits per heavy atom. The maximum absolute atomic E-state index is 12.2. The highest BCUT2D eigenvalue weighted by Crippen LogP contribution is 2.17. The Morgan fingerprint density at radius 1 is 0.941 bits per heavy atom. The summed E-state index contributed by atoms with van der Waals surface area (Å²) in [5.74, 6) is -0.962. The third-order valence-electron chi connectivity index (χ3n) is 5.79. The molecule has 12 nitrogen and oxygen atoms in total. The smallest absolute Gasteiger partial charge is 0.426 e. The topological polar surface area (TPSA) is 195 Å². The quantitative estimate of drug-likeness (QED) is 0.0690. The predicted octanol–water partition coefficient (Wildman–Crippen LogP) is -3.11. The van der Waals surface area contributed by atoms with E-state index < -0.39 is 13.1 Å². The Kier molecular flexibility index (Phi) is 16.5. The Balaban J connectivity index is 2.13.